The summed E-state index contributed by atoms with van der Waals surface area (Å²) in [6.07, 6.45) is 4.99. The molecule has 1 aliphatic carbocycles. The van der Waals surface area contributed by atoms with Crippen LogP contribution in [-0.2, 0) is 24.2 Å². The van der Waals surface area contributed by atoms with Crippen molar-refractivity contribution in [2.45, 2.75) is 70.7 Å². The summed E-state index contributed by atoms with van der Waals surface area (Å²) in [6, 6.07) is 7.81. The zero-order chi connectivity index (χ0) is 24.9. The maximum absolute atomic E-state index is 12.8. The molecular weight excluding hydrogens is 502 g/mol. The number of anilines is 1. The van der Waals surface area contributed by atoms with E-state index in [1.165, 1.54) is 23.1 Å². The Kier molecular flexibility index (Phi) is 8.37. The summed E-state index contributed by atoms with van der Waals surface area (Å²) in [5.74, 6) is 1.45. The smallest absolute Gasteiger partial charge is 0.235 e. The van der Waals surface area contributed by atoms with Gasteiger partial charge in [0.1, 0.15) is 16.8 Å². The third-order valence-corrected chi connectivity index (χ3v) is 8.39. The number of rotatable bonds is 8. The number of carbonyl (C=O) groups is 1. The topological polar surface area (TPSA) is 92.8 Å². The minimum atomic E-state index is -0.329. The first kappa shape index (κ1) is 25.5. The van der Waals surface area contributed by atoms with Crippen LogP contribution in [0.4, 0.5) is 5.00 Å². The second kappa shape index (κ2) is 11.5. The zero-order valence-electron chi connectivity index (χ0n) is 20.1. The summed E-state index contributed by atoms with van der Waals surface area (Å²) in [7, 11) is 0. The van der Waals surface area contributed by atoms with Crippen LogP contribution in [0.1, 0.15) is 66.6 Å². The number of nitrogens with one attached hydrogen (secondary N) is 1. The molecule has 1 aliphatic rings. The van der Waals surface area contributed by atoms with E-state index in [4.69, 9.17) is 16.3 Å². The van der Waals surface area contributed by atoms with Crippen LogP contribution in [0.3, 0.4) is 0 Å². The van der Waals surface area contributed by atoms with Gasteiger partial charge in [0.15, 0.2) is 17.1 Å². The third-order valence-electron chi connectivity index (χ3n) is 5.98. The molecule has 10 heteroatoms. The van der Waals surface area contributed by atoms with Gasteiger partial charge >= 0.3 is 0 Å². The van der Waals surface area contributed by atoms with Crippen molar-refractivity contribution in [3.63, 3.8) is 0 Å². The Hall–Kier alpha value is -2.54. The van der Waals surface area contributed by atoms with Crippen molar-refractivity contribution in [2.24, 2.45) is 0 Å². The van der Waals surface area contributed by atoms with Gasteiger partial charge in [0.05, 0.1) is 11.3 Å². The lowest BCUT2D eigenvalue weighted by Crippen LogP contribution is -2.15. The first-order chi connectivity index (χ1) is 16.9. The van der Waals surface area contributed by atoms with Gasteiger partial charge in [-0.25, -0.2) is 0 Å². The number of halogens is 1. The maximum Gasteiger partial charge on any atom is 0.235 e. The Morgan fingerprint density at radius 3 is 2.89 bits per heavy atom. The number of thiophene rings is 1. The number of nitriles is 1. The van der Waals surface area contributed by atoms with Crippen LogP contribution >= 0.6 is 34.7 Å². The molecule has 3 aromatic rings. The van der Waals surface area contributed by atoms with Gasteiger partial charge in [0.25, 0.3) is 0 Å². The van der Waals surface area contributed by atoms with Crippen molar-refractivity contribution in [2.75, 3.05) is 11.1 Å². The van der Waals surface area contributed by atoms with E-state index >= 15 is 0 Å². The van der Waals surface area contributed by atoms with E-state index < -0.39 is 0 Å². The number of hydrogen-bond acceptors (Lipinski definition) is 7. The highest BCUT2D eigenvalue weighted by molar-refractivity contribution is 7.99. The van der Waals surface area contributed by atoms with Gasteiger partial charge in [-0.3, -0.25) is 4.79 Å². The van der Waals surface area contributed by atoms with Gasteiger partial charge in [0.2, 0.25) is 5.91 Å². The molecule has 1 N–H and O–H groups in total. The van der Waals surface area contributed by atoms with E-state index in [9.17, 15) is 10.1 Å². The van der Waals surface area contributed by atoms with Crippen molar-refractivity contribution >= 4 is 45.6 Å². The van der Waals surface area contributed by atoms with Crippen LogP contribution in [-0.4, -0.2) is 26.4 Å². The number of benzene rings is 1. The molecule has 2 aromatic heterocycles. The number of nitrogens with zero attached hydrogens (tertiary/aromatic N) is 4. The Morgan fingerprint density at radius 1 is 1.34 bits per heavy atom. The molecule has 0 fully saturated rings. The van der Waals surface area contributed by atoms with E-state index in [-0.39, 0.29) is 17.8 Å². The lowest BCUT2D eigenvalue weighted by molar-refractivity contribution is -0.113. The number of aryl methyl sites for hydroxylation is 2. The van der Waals surface area contributed by atoms with Crippen molar-refractivity contribution < 1.29 is 9.53 Å². The number of amides is 1. The minimum absolute atomic E-state index is 0.156. The second-order valence-electron chi connectivity index (χ2n) is 8.47. The fourth-order valence-electron chi connectivity index (χ4n) is 4.23. The molecule has 4 rings (SSSR count). The van der Waals surface area contributed by atoms with Gasteiger partial charge in [-0.05, 0) is 75.8 Å². The second-order valence-corrected chi connectivity index (χ2v) is 11.0. The van der Waals surface area contributed by atoms with Crippen molar-refractivity contribution in [1.82, 2.24) is 14.8 Å². The van der Waals surface area contributed by atoms with Crippen LogP contribution in [0.5, 0.6) is 5.75 Å². The molecule has 7 nitrogen and oxygen atoms in total. The summed E-state index contributed by atoms with van der Waals surface area (Å²) in [4.78, 5) is 14.0. The Balaban J connectivity index is 1.41. The highest BCUT2D eigenvalue weighted by atomic mass is 35.5. The number of ether oxygens (including phenoxy) is 1. The van der Waals surface area contributed by atoms with E-state index in [1.807, 2.05) is 37.5 Å². The van der Waals surface area contributed by atoms with Gasteiger partial charge in [-0.2, -0.15) is 5.26 Å². The summed E-state index contributed by atoms with van der Waals surface area (Å²) < 4.78 is 8.08. The molecule has 184 valence electrons. The van der Waals surface area contributed by atoms with Gasteiger partial charge in [-0.1, -0.05) is 29.8 Å². The molecule has 0 aliphatic heterocycles. The van der Waals surface area contributed by atoms with Crippen LogP contribution < -0.4 is 10.1 Å². The number of aromatic nitrogens is 3. The molecule has 0 radical (unpaired) electrons. The minimum Gasteiger partial charge on any atom is -0.482 e. The maximum atomic E-state index is 12.8. The average Bonchev–Trinajstić information content (AvgIpc) is 3.31. The molecule has 0 spiro atoms. The lowest BCUT2D eigenvalue weighted by atomic mass is 10.1. The third kappa shape index (κ3) is 5.83. The first-order valence-corrected chi connectivity index (χ1v) is 13.9. The molecule has 1 amide bonds. The van der Waals surface area contributed by atoms with E-state index in [0.29, 0.717) is 33.1 Å². The molecular formula is C25H28ClN5O2S2. The van der Waals surface area contributed by atoms with E-state index in [2.05, 4.69) is 21.6 Å². The Morgan fingerprint density at radius 2 is 2.14 bits per heavy atom. The Labute approximate surface area is 218 Å². The molecule has 1 aromatic carbocycles. The molecule has 2 heterocycles. The van der Waals surface area contributed by atoms with Crippen molar-refractivity contribution in [3.8, 4) is 11.8 Å². The highest BCUT2D eigenvalue weighted by Gasteiger charge is 2.23. The predicted molar refractivity (Wildman–Crippen MR) is 141 cm³/mol. The predicted octanol–water partition coefficient (Wildman–Crippen LogP) is 6.33. The van der Waals surface area contributed by atoms with Crippen LogP contribution in [0.15, 0.2) is 23.4 Å². The number of fused-ring (bicyclic) bond motifs is 1. The fourth-order valence-corrected chi connectivity index (χ4v) is 6.53. The first-order valence-electron chi connectivity index (χ1n) is 11.7. The van der Waals surface area contributed by atoms with Gasteiger partial charge in [0, 0.05) is 16.4 Å². The van der Waals surface area contributed by atoms with Gasteiger partial charge < -0.3 is 14.6 Å². The SMILES string of the molecule is CCn1c(SCC(=O)Nc2sc3c(c2C#N)CCCCC3)nnc1C(C)Oc1ccc(Cl)cc1C. The van der Waals surface area contributed by atoms with E-state index in [1.54, 1.807) is 17.4 Å². The molecule has 1 unspecified atom stereocenters. The normalized spacial score (nSPS) is 14.0. The lowest BCUT2D eigenvalue weighted by Gasteiger charge is -2.17. The molecule has 0 bridgehead atoms. The van der Waals surface area contributed by atoms with Crippen LogP contribution in [0.2, 0.25) is 5.02 Å². The summed E-state index contributed by atoms with van der Waals surface area (Å²) in [5, 5.41) is 23.3. The summed E-state index contributed by atoms with van der Waals surface area (Å²) in [6.45, 7) is 6.53. The standard InChI is InChI=1S/C25H28ClN5O2S2/c1-4-31-23(16(3)33-20-11-10-17(26)12-15(20)2)29-30-25(31)34-14-22(32)28-24-19(13-27)18-8-6-5-7-9-21(18)35-24/h10-12,16H,4-9,14H2,1-3H3,(H,28,32). The summed E-state index contributed by atoms with van der Waals surface area (Å²) >= 11 is 8.92. The van der Waals surface area contributed by atoms with E-state index in [0.717, 1.165) is 42.6 Å². The fraction of sp³-hybridized carbons (Fsp3) is 0.440. The van der Waals surface area contributed by atoms with Crippen LogP contribution in [0, 0.1) is 18.3 Å². The number of thioether (sulfide) groups is 1. The van der Waals surface area contributed by atoms with Crippen molar-refractivity contribution in [3.05, 3.63) is 50.6 Å². The highest BCUT2D eigenvalue weighted by Crippen LogP contribution is 2.37. The monoisotopic (exact) mass is 529 g/mol. The Bertz CT molecular complexity index is 1260. The zero-order valence-corrected chi connectivity index (χ0v) is 22.4. The largest absolute Gasteiger partial charge is 0.482 e. The molecule has 0 saturated carbocycles. The number of carbonyl (C=O) groups excluding carboxylic acids is 1. The molecule has 35 heavy (non-hydrogen) atoms. The average molecular weight is 530 g/mol. The quantitative estimate of drug-likeness (QED) is 0.270. The van der Waals surface area contributed by atoms with Crippen LogP contribution in [0.25, 0.3) is 0 Å². The molecule has 1 atom stereocenters. The van der Waals surface area contributed by atoms with Crippen molar-refractivity contribution in [1.29, 1.82) is 5.26 Å². The summed E-state index contributed by atoms with van der Waals surface area (Å²) in [5.41, 5.74) is 2.70. The van der Waals surface area contributed by atoms with Gasteiger partial charge in [-0.15, -0.1) is 21.5 Å². The molecule has 0 saturated heterocycles. The number of hydrogen-bond donors (Lipinski definition) is 1.